The molecule has 0 bridgehead atoms. The van der Waals surface area contributed by atoms with Crippen LogP contribution in [-0.4, -0.2) is 32.3 Å². The van der Waals surface area contributed by atoms with E-state index in [1.54, 1.807) is 13.0 Å². The molecule has 1 aliphatic carbocycles. The maximum absolute atomic E-state index is 12.6. The number of amides is 1. The Morgan fingerprint density at radius 2 is 2.05 bits per heavy atom. The number of hydrogen-bond acceptors (Lipinski definition) is 3. The van der Waals surface area contributed by atoms with Crippen molar-refractivity contribution >= 4 is 25.6 Å². The minimum Gasteiger partial charge on any atom is -0.338 e. The molecule has 4 nitrogen and oxygen atoms in total. The molecule has 0 N–H and O–H groups in total. The Morgan fingerprint density at radius 3 is 2.52 bits per heavy atom. The molecule has 0 radical (unpaired) electrons. The fourth-order valence-corrected chi connectivity index (χ4v) is 3.19. The Bertz CT molecular complexity index is 638. The first-order chi connectivity index (χ1) is 9.82. The molecule has 21 heavy (non-hydrogen) atoms. The Balaban J connectivity index is 2.24. The van der Waals surface area contributed by atoms with Crippen molar-refractivity contribution in [3.05, 3.63) is 29.3 Å². The molecule has 6 heteroatoms. The van der Waals surface area contributed by atoms with Crippen LogP contribution < -0.4 is 0 Å². The summed E-state index contributed by atoms with van der Waals surface area (Å²) in [6, 6.07) is 4.41. The average molecular weight is 330 g/mol. The molecule has 1 fully saturated rings. The third-order valence-electron chi connectivity index (χ3n) is 3.67. The second-order valence-electron chi connectivity index (χ2n) is 5.61. The topological polar surface area (TPSA) is 54.5 Å². The molecule has 1 amide bonds. The minimum absolute atomic E-state index is 0.0280. The third-order valence-corrected chi connectivity index (χ3v) is 5.02. The van der Waals surface area contributed by atoms with Crippen molar-refractivity contribution in [3.63, 3.8) is 0 Å². The smallest absolute Gasteiger partial charge is 0.261 e. The SMILES string of the molecule is CCCN(CC1CC1)C(=O)c1ccc(S(=O)(=O)Cl)cc1C. The highest BCUT2D eigenvalue weighted by Gasteiger charge is 2.27. The lowest BCUT2D eigenvalue weighted by Crippen LogP contribution is -2.34. The highest BCUT2D eigenvalue weighted by Crippen LogP contribution is 2.30. The van der Waals surface area contributed by atoms with Crippen LogP contribution in [0.3, 0.4) is 0 Å². The molecule has 0 saturated heterocycles. The van der Waals surface area contributed by atoms with E-state index < -0.39 is 9.05 Å². The quantitative estimate of drug-likeness (QED) is 0.753. The lowest BCUT2D eigenvalue weighted by molar-refractivity contribution is 0.0747. The van der Waals surface area contributed by atoms with Crippen LogP contribution in [0.15, 0.2) is 23.1 Å². The summed E-state index contributed by atoms with van der Waals surface area (Å²) in [5.74, 6) is 0.600. The van der Waals surface area contributed by atoms with Crippen molar-refractivity contribution in [2.75, 3.05) is 13.1 Å². The largest absolute Gasteiger partial charge is 0.338 e. The Labute approximate surface area is 130 Å². The second-order valence-corrected chi connectivity index (χ2v) is 8.18. The Hall–Kier alpha value is -1.07. The zero-order chi connectivity index (χ0) is 15.6. The van der Waals surface area contributed by atoms with Gasteiger partial charge in [0.25, 0.3) is 15.0 Å². The summed E-state index contributed by atoms with van der Waals surface area (Å²) in [6.07, 6.45) is 3.29. The first-order valence-electron chi connectivity index (χ1n) is 7.17. The molecule has 0 heterocycles. The molecule has 2 rings (SSSR count). The fourth-order valence-electron chi connectivity index (χ4n) is 2.36. The standard InChI is InChI=1S/C15H20ClNO3S/c1-3-8-17(10-12-4-5-12)15(18)14-7-6-13(9-11(14)2)21(16,19)20/h6-7,9,12H,3-5,8,10H2,1-2H3. The van der Waals surface area contributed by atoms with Crippen LogP contribution in [0.5, 0.6) is 0 Å². The highest BCUT2D eigenvalue weighted by atomic mass is 35.7. The van der Waals surface area contributed by atoms with Crippen molar-refractivity contribution in [2.24, 2.45) is 5.92 Å². The fraction of sp³-hybridized carbons (Fsp3) is 0.533. The summed E-state index contributed by atoms with van der Waals surface area (Å²) in [4.78, 5) is 14.5. The predicted octanol–water partition coefficient (Wildman–Crippen LogP) is 3.18. The van der Waals surface area contributed by atoms with E-state index in [-0.39, 0.29) is 10.8 Å². The van der Waals surface area contributed by atoms with E-state index in [4.69, 9.17) is 10.7 Å². The maximum atomic E-state index is 12.6. The molecule has 1 saturated carbocycles. The summed E-state index contributed by atoms with van der Waals surface area (Å²) in [7, 11) is 1.57. The van der Waals surface area contributed by atoms with Gasteiger partial charge >= 0.3 is 0 Å². The van der Waals surface area contributed by atoms with E-state index in [9.17, 15) is 13.2 Å². The number of rotatable bonds is 6. The first kappa shape index (κ1) is 16.3. The average Bonchev–Trinajstić information content (AvgIpc) is 3.20. The monoisotopic (exact) mass is 329 g/mol. The number of halogens is 1. The van der Waals surface area contributed by atoms with E-state index in [0.717, 1.165) is 19.5 Å². The zero-order valence-electron chi connectivity index (χ0n) is 12.3. The van der Waals surface area contributed by atoms with Crippen LogP contribution >= 0.6 is 10.7 Å². The summed E-state index contributed by atoms with van der Waals surface area (Å²) in [5.41, 5.74) is 1.19. The normalized spacial score (nSPS) is 15.0. The molecule has 0 aromatic heterocycles. The van der Waals surface area contributed by atoms with Crippen molar-refractivity contribution in [1.29, 1.82) is 0 Å². The zero-order valence-corrected chi connectivity index (χ0v) is 13.9. The van der Waals surface area contributed by atoms with Gasteiger partial charge < -0.3 is 4.90 Å². The molecular formula is C15H20ClNO3S. The maximum Gasteiger partial charge on any atom is 0.261 e. The molecule has 0 aliphatic heterocycles. The lowest BCUT2D eigenvalue weighted by Gasteiger charge is -2.23. The van der Waals surface area contributed by atoms with Crippen LogP contribution in [-0.2, 0) is 9.05 Å². The molecular weight excluding hydrogens is 310 g/mol. The van der Waals surface area contributed by atoms with Crippen LogP contribution in [0.1, 0.15) is 42.1 Å². The number of aryl methyl sites for hydroxylation is 1. The van der Waals surface area contributed by atoms with E-state index in [2.05, 4.69) is 0 Å². The predicted molar refractivity (Wildman–Crippen MR) is 83.1 cm³/mol. The van der Waals surface area contributed by atoms with Crippen LogP contribution in [0, 0.1) is 12.8 Å². The van der Waals surface area contributed by atoms with Gasteiger partial charge in [0.1, 0.15) is 0 Å². The van der Waals surface area contributed by atoms with Gasteiger partial charge in [0, 0.05) is 29.3 Å². The Morgan fingerprint density at radius 1 is 1.38 bits per heavy atom. The van der Waals surface area contributed by atoms with Crippen molar-refractivity contribution in [2.45, 2.75) is 38.0 Å². The number of nitrogens with zero attached hydrogens (tertiary/aromatic N) is 1. The number of benzene rings is 1. The molecule has 1 aliphatic rings. The molecule has 0 spiro atoms. The number of hydrogen-bond donors (Lipinski definition) is 0. The number of carbonyl (C=O) groups excluding carboxylic acids is 1. The van der Waals surface area contributed by atoms with Gasteiger partial charge in [-0.25, -0.2) is 8.42 Å². The van der Waals surface area contributed by atoms with E-state index in [1.807, 2.05) is 11.8 Å². The van der Waals surface area contributed by atoms with Gasteiger partial charge in [-0.1, -0.05) is 6.92 Å². The number of carbonyl (C=O) groups is 1. The van der Waals surface area contributed by atoms with Crippen molar-refractivity contribution < 1.29 is 13.2 Å². The first-order valence-corrected chi connectivity index (χ1v) is 9.48. The summed E-state index contributed by atoms with van der Waals surface area (Å²) in [6.45, 7) is 5.30. The molecule has 1 aromatic carbocycles. The Kier molecular flexibility index (Phi) is 4.94. The minimum atomic E-state index is -3.76. The lowest BCUT2D eigenvalue weighted by atomic mass is 10.1. The third kappa shape index (κ3) is 4.20. The van der Waals surface area contributed by atoms with Crippen LogP contribution in [0.2, 0.25) is 0 Å². The van der Waals surface area contributed by atoms with Crippen molar-refractivity contribution in [3.8, 4) is 0 Å². The van der Waals surface area contributed by atoms with Gasteiger partial charge in [-0.15, -0.1) is 0 Å². The molecule has 116 valence electrons. The van der Waals surface area contributed by atoms with Gasteiger partial charge in [0.2, 0.25) is 0 Å². The summed E-state index contributed by atoms with van der Waals surface area (Å²) in [5, 5.41) is 0. The van der Waals surface area contributed by atoms with Gasteiger partial charge in [-0.3, -0.25) is 4.79 Å². The van der Waals surface area contributed by atoms with Gasteiger partial charge in [0.05, 0.1) is 4.90 Å². The van der Waals surface area contributed by atoms with Gasteiger partial charge in [0.15, 0.2) is 0 Å². The summed E-state index contributed by atoms with van der Waals surface area (Å²) >= 11 is 0. The summed E-state index contributed by atoms with van der Waals surface area (Å²) < 4.78 is 22.7. The molecule has 1 aromatic rings. The van der Waals surface area contributed by atoms with E-state index in [0.29, 0.717) is 17.0 Å². The second kappa shape index (κ2) is 6.36. The van der Waals surface area contributed by atoms with Gasteiger partial charge in [-0.2, -0.15) is 0 Å². The van der Waals surface area contributed by atoms with Crippen molar-refractivity contribution in [1.82, 2.24) is 4.90 Å². The van der Waals surface area contributed by atoms with Crippen LogP contribution in [0.4, 0.5) is 0 Å². The van der Waals surface area contributed by atoms with Crippen LogP contribution in [0.25, 0.3) is 0 Å². The van der Waals surface area contributed by atoms with Gasteiger partial charge in [-0.05, 0) is 55.9 Å². The van der Waals surface area contributed by atoms with E-state index >= 15 is 0 Å². The van der Waals surface area contributed by atoms with E-state index in [1.165, 1.54) is 25.0 Å². The highest BCUT2D eigenvalue weighted by molar-refractivity contribution is 8.13. The molecule has 0 unspecified atom stereocenters. The molecule has 0 atom stereocenters.